The van der Waals surface area contributed by atoms with Gasteiger partial charge in [0.05, 0.1) is 17.3 Å². The first kappa shape index (κ1) is 23.5. The average Bonchev–Trinajstić information content (AvgIpc) is 3.09. The van der Waals surface area contributed by atoms with Crippen molar-refractivity contribution in [2.24, 2.45) is 0 Å². The lowest BCUT2D eigenvalue weighted by Crippen LogP contribution is -2.37. The maximum Gasteiger partial charge on any atom is 0.340 e. The number of carbonyl (C=O) groups is 2. The van der Waals surface area contributed by atoms with Gasteiger partial charge in [0.2, 0.25) is 0 Å². The SMILES string of the molecule is Cc1noc(C)c1CSc1ccccc1C(=O)OC(C)C(=O)NC(C)c1ccc(F)cc1. The Bertz CT molecular complexity index is 1080. The van der Waals surface area contributed by atoms with E-state index in [1.165, 1.54) is 30.8 Å². The summed E-state index contributed by atoms with van der Waals surface area (Å²) in [7, 11) is 0. The molecule has 0 saturated carbocycles. The van der Waals surface area contributed by atoms with Crippen molar-refractivity contribution in [3.8, 4) is 0 Å². The van der Waals surface area contributed by atoms with Crippen molar-refractivity contribution in [3.63, 3.8) is 0 Å². The number of nitrogens with zero attached hydrogens (tertiary/aromatic N) is 1. The molecule has 2 atom stereocenters. The highest BCUT2D eigenvalue weighted by Gasteiger charge is 2.23. The first-order valence-electron chi connectivity index (χ1n) is 10.2. The number of ether oxygens (including phenoxy) is 1. The minimum Gasteiger partial charge on any atom is -0.449 e. The Kier molecular flexibility index (Phi) is 7.69. The molecule has 0 bridgehead atoms. The standard InChI is InChI=1S/C24H25FN2O4S/c1-14(18-9-11-19(25)12-10-18)26-23(28)17(4)30-24(29)20-7-5-6-8-22(20)32-13-21-15(2)27-31-16(21)3/h5-12,14,17H,13H2,1-4H3,(H,26,28). The molecule has 2 unspecified atom stereocenters. The van der Waals surface area contributed by atoms with Crippen molar-refractivity contribution in [2.75, 3.05) is 0 Å². The fourth-order valence-corrected chi connectivity index (χ4v) is 4.26. The van der Waals surface area contributed by atoms with E-state index in [2.05, 4.69) is 10.5 Å². The van der Waals surface area contributed by atoms with E-state index < -0.39 is 18.0 Å². The van der Waals surface area contributed by atoms with E-state index in [-0.39, 0.29) is 11.9 Å². The van der Waals surface area contributed by atoms with Crippen LogP contribution in [0, 0.1) is 19.7 Å². The summed E-state index contributed by atoms with van der Waals surface area (Å²) in [5.41, 5.74) is 2.94. The van der Waals surface area contributed by atoms with E-state index in [0.717, 1.165) is 27.5 Å². The van der Waals surface area contributed by atoms with Crippen molar-refractivity contribution in [1.29, 1.82) is 0 Å². The maximum atomic E-state index is 13.1. The van der Waals surface area contributed by atoms with Gasteiger partial charge in [0.15, 0.2) is 6.10 Å². The summed E-state index contributed by atoms with van der Waals surface area (Å²) >= 11 is 1.47. The van der Waals surface area contributed by atoms with E-state index in [4.69, 9.17) is 9.26 Å². The van der Waals surface area contributed by atoms with Crippen LogP contribution >= 0.6 is 11.8 Å². The van der Waals surface area contributed by atoms with Crippen LogP contribution in [0.3, 0.4) is 0 Å². The Morgan fingerprint density at radius 1 is 1.12 bits per heavy atom. The van der Waals surface area contributed by atoms with Crippen molar-refractivity contribution in [1.82, 2.24) is 10.5 Å². The third-order valence-corrected chi connectivity index (χ3v) is 6.14. The fraction of sp³-hybridized carbons (Fsp3) is 0.292. The molecule has 0 aliphatic rings. The number of esters is 1. The Labute approximate surface area is 190 Å². The third-order valence-electron chi connectivity index (χ3n) is 5.04. The first-order valence-corrected chi connectivity index (χ1v) is 11.1. The molecule has 0 aliphatic carbocycles. The second kappa shape index (κ2) is 10.5. The van der Waals surface area contributed by atoms with Crippen LogP contribution in [0.1, 0.15) is 52.8 Å². The molecular formula is C24H25FN2O4S. The predicted molar refractivity (Wildman–Crippen MR) is 120 cm³/mol. The number of nitrogens with one attached hydrogen (secondary N) is 1. The molecule has 168 valence electrons. The first-order chi connectivity index (χ1) is 15.3. The van der Waals surface area contributed by atoms with Gasteiger partial charge in [-0.3, -0.25) is 4.79 Å². The zero-order valence-electron chi connectivity index (χ0n) is 18.3. The number of aryl methyl sites for hydroxylation is 2. The monoisotopic (exact) mass is 456 g/mol. The molecule has 1 aromatic heterocycles. The second-order valence-corrected chi connectivity index (χ2v) is 8.43. The third kappa shape index (κ3) is 5.76. The smallest absolute Gasteiger partial charge is 0.340 e. The molecule has 0 aliphatic heterocycles. The Hall–Kier alpha value is -3.13. The summed E-state index contributed by atoms with van der Waals surface area (Å²) in [4.78, 5) is 26.0. The molecule has 1 N–H and O–H groups in total. The normalized spacial score (nSPS) is 12.8. The van der Waals surface area contributed by atoms with Gasteiger partial charge in [-0.05, 0) is 57.5 Å². The molecule has 0 spiro atoms. The zero-order valence-corrected chi connectivity index (χ0v) is 19.2. The Morgan fingerprint density at radius 2 is 1.81 bits per heavy atom. The summed E-state index contributed by atoms with van der Waals surface area (Å²) in [5.74, 6) is -0.0208. The average molecular weight is 457 g/mol. The molecule has 3 aromatic rings. The summed E-state index contributed by atoms with van der Waals surface area (Å²) in [5, 5.41) is 6.73. The molecule has 0 fully saturated rings. The minimum absolute atomic E-state index is 0.347. The number of halogens is 1. The quantitative estimate of drug-likeness (QED) is 0.373. The summed E-state index contributed by atoms with van der Waals surface area (Å²) in [6, 6.07) is 12.6. The van der Waals surface area contributed by atoms with Crippen LogP contribution in [0.25, 0.3) is 0 Å². The Morgan fingerprint density at radius 3 is 2.47 bits per heavy atom. The van der Waals surface area contributed by atoms with Gasteiger partial charge >= 0.3 is 5.97 Å². The van der Waals surface area contributed by atoms with Gasteiger partial charge in [0, 0.05) is 16.2 Å². The van der Waals surface area contributed by atoms with E-state index in [1.807, 2.05) is 26.0 Å². The van der Waals surface area contributed by atoms with Crippen LogP contribution in [0.5, 0.6) is 0 Å². The molecule has 8 heteroatoms. The number of rotatable bonds is 8. The highest BCUT2D eigenvalue weighted by Crippen LogP contribution is 2.29. The van der Waals surface area contributed by atoms with E-state index >= 15 is 0 Å². The van der Waals surface area contributed by atoms with Gasteiger partial charge in [0.25, 0.3) is 5.91 Å². The Balaban J connectivity index is 1.62. The van der Waals surface area contributed by atoms with Crippen LogP contribution in [0.4, 0.5) is 4.39 Å². The molecule has 0 radical (unpaired) electrons. The van der Waals surface area contributed by atoms with Gasteiger partial charge in [-0.15, -0.1) is 11.8 Å². The molecule has 2 aromatic carbocycles. The number of hydrogen-bond acceptors (Lipinski definition) is 6. The summed E-state index contributed by atoms with van der Waals surface area (Å²) in [6.07, 6.45) is -0.994. The predicted octanol–water partition coefficient (Wildman–Crippen LogP) is 5.15. The van der Waals surface area contributed by atoms with Crippen molar-refractivity contribution < 1.29 is 23.2 Å². The van der Waals surface area contributed by atoms with Gasteiger partial charge in [-0.2, -0.15) is 0 Å². The largest absolute Gasteiger partial charge is 0.449 e. The van der Waals surface area contributed by atoms with Gasteiger partial charge < -0.3 is 14.6 Å². The van der Waals surface area contributed by atoms with Crippen LogP contribution in [-0.2, 0) is 15.3 Å². The number of hydrogen-bond donors (Lipinski definition) is 1. The molecule has 1 heterocycles. The second-order valence-electron chi connectivity index (χ2n) is 7.42. The molecule has 6 nitrogen and oxygen atoms in total. The van der Waals surface area contributed by atoms with Gasteiger partial charge in [-0.1, -0.05) is 29.4 Å². The van der Waals surface area contributed by atoms with Gasteiger partial charge in [0.1, 0.15) is 11.6 Å². The molecular weight excluding hydrogens is 431 g/mol. The zero-order chi connectivity index (χ0) is 23.3. The summed E-state index contributed by atoms with van der Waals surface area (Å²) < 4.78 is 23.7. The topological polar surface area (TPSA) is 81.4 Å². The number of benzene rings is 2. The van der Waals surface area contributed by atoms with Crippen molar-refractivity contribution >= 4 is 23.6 Å². The highest BCUT2D eigenvalue weighted by molar-refractivity contribution is 7.98. The molecule has 1 amide bonds. The number of amides is 1. The van der Waals surface area contributed by atoms with Crippen LogP contribution in [0.2, 0.25) is 0 Å². The molecule has 32 heavy (non-hydrogen) atoms. The van der Waals surface area contributed by atoms with Crippen molar-refractivity contribution in [2.45, 2.75) is 50.5 Å². The van der Waals surface area contributed by atoms with Crippen LogP contribution < -0.4 is 5.32 Å². The number of carbonyl (C=O) groups excluding carboxylic acids is 2. The van der Waals surface area contributed by atoms with Crippen LogP contribution in [-0.4, -0.2) is 23.1 Å². The lowest BCUT2D eigenvalue weighted by Gasteiger charge is -2.19. The maximum absolute atomic E-state index is 13.1. The van der Waals surface area contributed by atoms with Crippen molar-refractivity contribution in [3.05, 3.63) is 82.5 Å². The lowest BCUT2D eigenvalue weighted by molar-refractivity contribution is -0.129. The minimum atomic E-state index is -0.994. The highest BCUT2D eigenvalue weighted by atomic mass is 32.2. The number of thioether (sulfide) groups is 1. The van der Waals surface area contributed by atoms with Gasteiger partial charge in [-0.25, -0.2) is 9.18 Å². The fourth-order valence-electron chi connectivity index (χ4n) is 3.06. The molecule has 0 saturated heterocycles. The number of aromatic nitrogens is 1. The van der Waals surface area contributed by atoms with E-state index in [0.29, 0.717) is 11.3 Å². The lowest BCUT2D eigenvalue weighted by atomic mass is 10.1. The molecule has 3 rings (SSSR count). The summed E-state index contributed by atoms with van der Waals surface area (Å²) in [6.45, 7) is 7.02. The van der Waals surface area contributed by atoms with E-state index in [9.17, 15) is 14.0 Å². The van der Waals surface area contributed by atoms with Crippen LogP contribution in [0.15, 0.2) is 57.9 Å². The van der Waals surface area contributed by atoms with E-state index in [1.54, 1.807) is 31.2 Å².